The maximum absolute atomic E-state index is 13.5. The number of likely N-dealkylation sites (N-methyl/N-ethyl adjacent to an activating group) is 2. The second kappa shape index (κ2) is 31.3. The molecule has 23 heteroatoms. The number of halogens is 6. The first-order valence-corrected chi connectivity index (χ1v) is 31.5. The van der Waals surface area contributed by atoms with Gasteiger partial charge in [-0.1, -0.05) is 85.3 Å². The van der Waals surface area contributed by atoms with Gasteiger partial charge in [-0.15, -0.1) is 0 Å². The van der Waals surface area contributed by atoms with Crippen molar-refractivity contribution in [1.29, 1.82) is 0 Å². The van der Waals surface area contributed by atoms with Gasteiger partial charge in [0.2, 0.25) is 11.8 Å². The van der Waals surface area contributed by atoms with E-state index in [9.17, 15) is 50.3 Å². The van der Waals surface area contributed by atoms with Gasteiger partial charge in [-0.2, -0.15) is 26.3 Å². The van der Waals surface area contributed by atoms with Crippen LogP contribution in [-0.2, 0) is 54.5 Å². The summed E-state index contributed by atoms with van der Waals surface area (Å²) >= 11 is 0. The van der Waals surface area contributed by atoms with E-state index in [-0.39, 0.29) is 61.3 Å². The number of hydrogen-bond donors (Lipinski definition) is 2. The summed E-state index contributed by atoms with van der Waals surface area (Å²) in [4.78, 5) is 81.0. The summed E-state index contributed by atoms with van der Waals surface area (Å²) in [5, 5.41) is 6.36. The van der Waals surface area contributed by atoms with Gasteiger partial charge in [-0.05, 0) is 130 Å². The van der Waals surface area contributed by atoms with E-state index >= 15 is 0 Å². The largest absolute Gasteiger partial charge is 0.446 e. The van der Waals surface area contributed by atoms with Crippen molar-refractivity contribution < 1.29 is 64.5 Å². The van der Waals surface area contributed by atoms with Crippen molar-refractivity contribution >= 4 is 35.4 Å². The van der Waals surface area contributed by atoms with E-state index in [0.29, 0.717) is 95.0 Å². The molecular weight excluding hydrogens is 1180 g/mol. The number of para-hydroxylation sites is 1. The molecule has 3 aliphatic heterocycles. The molecule has 3 fully saturated rings. The van der Waals surface area contributed by atoms with E-state index in [1.807, 2.05) is 79.8 Å². The van der Waals surface area contributed by atoms with Crippen molar-refractivity contribution in [2.75, 3.05) is 112 Å². The predicted molar refractivity (Wildman–Crippen MR) is 332 cm³/mol. The maximum Gasteiger partial charge on any atom is 0.416 e. The fourth-order valence-electron chi connectivity index (χ4n) is 12.6. The summed E-state index contributed by atoms with van der Waals surface area (Å²) in [5.74, 6) is -1.23. The molecule has 2 N–H and O–H groups in total. The molecule has 1 aromatic heterocycles. The average molecular weight is 1270 g/mol. The molecule has 0 radical (unpaired) electrons. The number of fused-ring (bicyclic) bond motifs is 2. The lowest BCUT2D eigenvalue weighted by atomic mass is 9.72. The number of hydrogen-bond acceptors (Lipinski definition) is 12. The third kappa shape index (κ3) is 18.4. The monoisotopic (exact) mass is 1270 g/mol. The normalized spacial score (nSPS) is 17.8. The van der Waals surface area contributed by atoms with Gasteiger partial charge in [0.1, 0.15) is 25.1 Å². The Hall–Kier alpha value is -7.44. The van der Waals surface area contributed by atoms with Crippen LogP contribution in [0.2, 0.25) is 0 Å². The highest BCUT2D eigenvalue weighted by Gasteiger charge is 2.49. The van der Waals surface area contributed by atoms with Crippen molar-refractivity contribution in [2.45, 2.75) is 113 Å². The van der Waals surface area contributed by atoms with Gasteiger partial charge < -0.3 is 48.9 Å². The number of piperidine rings is 2. The van der Waals surface area contributed by atoms with Gasteiger partial charge in [-0.25, -0.2) is 4.79 Å². The number of unbranched alkanes of at least 4 members (excludes halogenated alkanes) is 2. The molecule has 5 amide bonds. The van der Waals surface area contributed by atoms with E-state index in [2.05, 4.69) is 37.6 Å². The lowest BCUT2D eigenvalue weighted by Gasteiger charge is -2.43. The number of alkyl halides is 6. The standard InChI is InChI=1S/C68H83F6N9O8/c1-78(62(85)46-89-60-41-50-17-9-11-19-57(50)66(60)27-35-82(36-28-66)34-26-55-45-83(47-90-55)63(86)51-39-52(67(69,70)71)42-53(40-51)68(72,73)74)30-14-31-80(3)64(87)59-23-22-48(44-76-59)43-75-29-13-5-8-21-61(84)79(2)37-38-81-32-24-54(25-33-81)91-65(88)77-58-20-12-10-18-56(58)49-15-6-4-7-16-49/h4,6-7,9-12,15-20,22-23,39-40,42,44,54-55,60,75H,5,8,13-14,21,24-38,41,43,45-47H2,1-3H3,(H,77,88)/t55?,60-/m0/s1. The minimum Gasteiger partial charge on any atom is -0.446 e. The third-order valence-corrected chi connectivity index (χ3v) is 18.1. The number of aromatic nitrogens is 1. The summed E-state index contributed by atoms with van der Waals surface area (Å²) in [6, 6.07) is 30.3. The molecule has 4 heterocycles. The van der Waals surface area contributed by atoms with Crippen LogP contribution in [0.4, 0.5) is 36.8 Å². The van der Waals surface area contributed by atoms with Gasteiger partial charge in [0.15, 0.2) is 0 Å². The summed E-state index contributed by atoms with van der Waals surface area (Å²) in [6.45, 7) is 6.84. The SMILES string of the molecule is CN(CCN1CCC(OC(=O)Nc2ccccc2-c2ccccc2)CC1)C(=O)CCCCCNCc1ccc(C(=O)N(C)CCCN(C)C(=O)CO[C@H]2Cc3ccccc3C23CCN(CCC2CN(C(=O)c4cc(C(F)(F)F)cc(C(F)(F)F)c4)CO2)CC3)nc1. The molecular formula is C68H83F6N9O8. The Kier molecular flexibility index (Phi) is 23.3. The van der Waals surface area contributed by atoms with Crippen molar-refractivity contribution in [3.05, 3.63) is 154 Å². The Morgan fingerprint density at radius 2 is 1.38 bits per heavy atom. The number of nitrogens with one attached hydrogen (secondary N) is 2. The van der Waals surface area contributed by atoms with Crippen molar-refractivity contribution in [3.8, 4) is 11.1 Å². The highest BCUT2D eigenvalue weighted by molar-refractivity contribution is 5.95. The van der Waals surface area contributed by atoms with Crippen molar-refractivity contribution in [1.82, 2.24) is 39.7 Å². The van der Waals surface area contributed by atoms with Gasteiger partial charge in [0.25, 0.3) is 11.8 Å². The molecule has 490 valence electrons. The van der Waals surface area contributed by atoms with Crippen LogP contribution < -0.4 is 10.6 Å². The number of carbonyl (C=O) groups excluding carboxylic acids is 5. The zero-order chi connectivity index (χ0) is 64.7. The molecule has 9 rings (SSSR count). The van der Waals surface area contributed by atoms with E-state index in [0.717, 1.165) is 92.7 Å². The average Bonchev–Trinajstić information content (AvgIpc) is 1.62. The van der Waals surface area contributed by atoms with E-state index in [1.54, 1.807) is 41.1 Å². The first-order chi connectivity index (χ1) is 43.6. The minimum atomic E-state index is -5.08. The second-order valence-corrected chi connectivity index (χ2v) is 24.4. The number of nitrogens with zero attached hydrogens (tertiary/aromatic N) is 7. The van der Waals surface area contributed by atoms with Crippen LogP contribution in [0.5, 0.6) is 0 Å². The maximum atomic E-state index is 13.5. The van der Waals surface area contributed by atoms with Crippen LogP contribution >= 0.6 is 0 Å². The molecule has 4 aromatic carbocycles. The first kappa shape index (κ1) is 67.9. The third-order valence-electron chi connectivity index (χ3n) is 18.1. The van der Waals surface area contributed by atoms with Crippen LogP contribution in [0.25, 0.3) is 11.1 Å². The summed E-state index contributed by atoms with van der Waals surface area (Å²) in [7, 11) is 5.29. The Labute approximate surface area is 528 Å². The van der Waals surface area contributed by atoms with Gasteiger partial charge in [0.05, 0.1) is 29.0 Å². The smallest absolute Gasteiger partial charge is 0.416 e. The number of pyridine rings is 1. The Bertz CT molecular complexity index is 3220. The fraction of sp³-hybridized carbons (Fsp3) is 0.500. The molecule has 0 bridgehead atoms. The van der Waals surface area contributed by atoms with Crippen LogP contribution in [0.3, 0.4) is 0 Å². The summed E-state index contributed by atoms with van der Waals surface area (Å²) in [5.41, 5.74) is 2.17. The highest BCUT2D eigenvalue weighted by Crippen LogP contribution is 2.48. The Morgan fingerprint density at radius 1 is 0.714 bits per heavy atom. The van der Waals surface area contributed by atoms with Crippen LogP contribution in [-0.4, -0.2) is 189 Å². The molecule has 2 atom stereocenters. The van der Waals surface area contributed by atoms with E-state index in [4.69, 9.17) is 14.2 Å². The molecule has 0 saturated carbocycles. The highest BCUT2D eigenvalue weighted by atomic mass is 19.4. The summed E-state index contributed by atoms with van der Waals surface area (Å²) in [6.07, 6.45) is -1.98. The number of likely N-dealkylation sites (tertiary alicyclic amines) is 2. The van der Waals surface area contributed by atoms with Gasteiger partial charge >= 0.3 is 18.4 Å². The van der Waals surface area contributed by atoms with Crippen LogP contribution in [0.15, 0.2) is 115 Å². The van der Waals surface area contributed by atoms with Crippen LogP contribution in [0, 0.1) is 0 Å². The number of anilines is 1. The Morgan fingerprint density at radius 3 is 2.10 bits per heavy atom. The minimum absolute atomic E-state index is 0.00154. The van der Waals surface area contributed by atoms with E-state index < -0.39 is 47.1 Å². The first-order valence-electron chi connectivity index (χ1n) is 31.5. The Balaban J connectivity index is 0.607. The van der Waals surface area contributed by atoms with Gasteiger partial charge in [-0.3, -0.25) is 29.5 Å². The lowest BCUT2D eigenvalue weighted by Crippen LogP contribution is -2.49. The quantitative estimate of drug-likeness (QED) is 0.0398. The van der Waals surface area contributed by atoms with E-state index in [1.165, 1.54) is 11.1 Å². The fourth-order valence-corrected chi connectivity index (χ4v) is 12.6. The number of benzene rings is 4. The molecule has 1 aliphatic carbocycles. The molecule has 1 spiro atoms. The topological polar surface area (TPSA) is 169 Å². The van der Waals surface area contributed by atoms with Crippen LogP contribution in [0.1, 0.15) is 113 Å². The number of rotatable bonds is 26. The molecule has 1 unspecified atom stereocenters. The zero-order valence-corrected chi connectivity index (χ0v) is 52.0. The number of ether oxygens (including phenoxy) is 3. The predicted octanol–water partition coefficient (Wildman–Crippen LogP) is 10.4. The molecule has 17 nitrogen and oxygen atoms in total. The van der Waals surface area contributed by atoms with Crippen molar-refractivity contribution in [2.24, 2.45) is 0 Å². The number of carbonyl (C=O) groups is 5. The number of amides is 5. The molecule has 3 saturated heterocycles. The van der Waals surface area contributed by atoms with Gasteiger partial charge in [0, 0.05) is 109 Å². The van der Waals surface area contributed by atoms with Crippen molar-refractivity contribution in [3.63, 3.8) is 0 Å². The molecule has 4 aliphatic rings. The zero-order valence-electron chi connectivity index (χ0n) is 52.0. The second-order valence-electron chi connectivity index (χ2n) is 24.4. The lowest BCUT2D eigenvalue weighted by molar-refractivity contribution is -0.143. The molecule has 91 heavy (non-hydrogen) atoms. The summed E-state index contributed by atoms with van der Waals surface area (Å²) < 4.78 is 99.0. The molecule has 5 aromatic rings.